The molecule has 5 heteroatoms. The summed E-state index contributed by atoms with van der Waals surface area (Å²) < 4.78 is 11.3. The van der Waals surface area contributed by atoms with Gasteiger partial charge in [0.05, 0.1) is 18.0 Å². The number of carbonyl (C=O) groups excluding carboxylic acids is 1. The molecule has 0 spiro atoms. The third-order valence-corrected chi connectivity index (χ3v) is 3.59. The summed E-state index contributed by atoms with van der Waals surface area (Å²) in [5.74, 6) is 0.459. The molecule has 1 amide bonds. The van der Waals surface area contributed by atoms with E-state index in [2.05, 4.69) is 10.3 Å². The fourth-order valence-electron chi connectivity index (χ4n) is 2.27. The van der Waals surface area contributed by atoms with E-state index in [1.165, 1.54) is 0 Å². The van der Waals surface area contributed by atoms with Crippen LogP contribution in [0.1, 0.15) is 59.1 Å². The average molecular weight is 322 g/mol. The van der Waals surface area contributed by atoms with E-state index in [1.807, 2.05) is 40.7 Å². The van der Waals surface area contributed by atoms with Gasteiger partial charge in [0.1, 0.15) is 5.60 Å². The zero-order valence-electron chi connectivity index (χ0n) is 15.1. The molecule has 0 saturated heterocycles. The minimum Gasteiger partial charge on any atom is -0.478 e. The van der Waals surface area contributed by atoms with Crippen LogP contribution >= 0.6 is 0 Å². The molecular formula is C18H30N2O3. The predicted octanol–water partition coefficient (Wildman–Crippen LogP) is 4.10. The molecule has 23 heavy (non-hydrogen) atoms. The molecule has 0 aliphatic carbocycles. The van der Waals surface area contributed by atoms with Gasteiger partial charge in [-0.3, -0.25) is 4.79 Å². The molecule has 0 aromatic carbocycles. The van der Waals surface area contributed by atoms with Crippen LogP contribution in [0.3, 0.4) is 0 Å². The Balaban J connectivity index is 2.81. The third kappa shape index (κ3) is 5.82. The molecule has 1 atom stereocenters. The van der Waals surface area contributed by atoms with Crippen LogP contribution in [-0.2, 0) is 9.53 Å². The number of rotatable bonds is 10. The quantitative estimate of drug-likeness (QED) is 0.704. The largest absolute Gasteiger partial charge is 0.478 e. The lowest BCUT2D eigenvalue weighted by atomic mass is 9.99. The SMILES string of the molecule is CCCOc1ccc(NC(=O)[C@](C)(CCC)OCCC)c(C)n1. The molecule has 1 heterocycles. The van der Waals surface area contributed by atoms with Gasteiger partial charge in [0.15, 0.2) is 0 Å². The number of nitrogens with zero attached hydrogens (tertiary/aromatic N) is 1. The molecule has 1 aromatic heterocycles. The smallest absolute Gasteiger partial charge is 0.256 e. The minimum absolute atomic E-state index is 0.125. The molecule has 0 aliphatic rings. The number of nitrogens with one attached hydrogen (secondary N) is 1. The summed E-state index contributed by atoms with van der Waals surface area (Å²) in [5, 5.41) is 2.95. The van der Waals surface area contributed by atoms with Crippen molar-refractivity contribution in [1.29, 1.82) is 0 Å². The summed E-state index contributed by atoms with van der Waals surface area (Å²) in [6.45, 7) is 11.1. The summed E-state index contributed by atoms with van der Waals surface area (Å²) in [6, 6.07) is 3.61. The number of aryl methyl sites for hydroxylation is 1. The molecule has 0 unspecified atom stereocenters. The van der Waals surface area contributed by atoms with Crippen molar-refractivity contribution in [3.63, 3.8) is 0 Å². The molecule has 130 valence electrons. The van der Waals surface area contributed by atoms with Crippen LogP contribution in [0.15, 0.2) is 12.1 Å². The summed E-state index contributed by atoms with van der Waals surface area (Å²) >= 11 is 0. The van der Waals surface area contributed by atoms with Crippen LogP contribution in [-0.4, -0.2) is 29.7 Å². The Labute approximate surface area is 139 Å². The Kier molecular flexibility index (Phi) is 8.03. The third-order valence-electron chi connectivity index (χ3n) is 3.59. The van der Waals surface area contributed by atoms with E-state index in [0.29, 0.717) is 31.2 Å². The molecule has 1 aromatic rings. The second-order valence-electron chi connectivity index (χ2n) is 5.91. The van der Waals surface area contributed by atoms with E-state index in [0.717, 1.165) is 25.0 Å². The van der Waals surface area contributed by atoms with Crippen molar-refractivity contribution in [1.82, 2.24) is 4.98 Å². The van der Waals surface area contributed by atoms with Gasteiger partial charge in [-0.05, 0) is 39.2 Å². The number of carbonyl (C=O) groups is 1. The van der Waals surface area contributed by atoms with Crippen molar-refractivity contribution in [2.24, 2.45) is 0 Å². The number of aromatic nitrogens is 1. The van der Waals surface area contributed by atoms with Gasteiger partial charge < -0.3 is 14.8 Å². The van der Waals surface area contributed by atoms with Crippen LogP contribution in [0.5, 0.6) is 5.88 Å². The number of anilines is 1. The van der Waals surface area contributed by atoms with Crippen LogP contribution in [0.2, 0.25) is 0 Å². The number of pyridine rings is 1. The van der Waals surface area contributed by atoms with E-state index < -0.39 is 5.60 Å². The first kappa shape index (κ1) is 19.4. The van der Waals surface area contributed by atoms with Crippen molar-refractivity contribution in [3.05, 3.63) is 17.8 Å². The van der Waals surface area contributed by atoms with Gasteiger partial charge in [-0.2, -0.15) is 0 Å². The van der Waals surface area contributed by atoms with Crippen LogP contribution in [0.25, 0.3) is 0 Å². The van der Waals surface area contributed by atoms with Gasteiger partial charge in [-0.1, -0.05) is 27.2 Å². The first-order valence-electron chi connectivity index (χ1n) is 8.52. The van der Waals surface area contributed by atoms with Crippen molar-refractivity contribution < 1.29 is 14.3 Å². The van der Waals surface area contributed by atoms with E-state index >= 15 is 0 Å². The fraction of sp³-hybridized carbons (Fsp3) is 0.667. The van der Waals surface area contributed by atoms with Crippen LogP contribution in [0.4, 0.5) is 5.69 Å². The van der Waals surface area contributed by atoms with E-state index in [9.17, 15) is 4.79 Å². The van der Waals surface area contributed by atoms with Gasteiger partial charge >= 0.3 is 0 Å². The molecule has 0 bridgehead atoms. The molecule has 1 rings (SSSR count). The lowest BCUT2D eigenvalue weighted by molar-refractivity contribution is -0.140. The second kappa shape index (κ2) is 9.50. The standard InChI is InChI=1S/C18H30N2O3/c1-6-11-18(5,23-13-8-3)17(21)20-15-9-10-16(19-14(15)4)22-12-7-2/h9-10H,6-8,11-13H2,1-5H3,(H,20,21)/t18-/m0/s1. The minimum atomic E-state index is -0.811. The van der Waals surface area contributed by atoms with Crippen LogP contribution in [0, 0.1) is 6.92 Å². The Morgan fingerprint density at radius 1 is 1.17 bits per heavy atom. The van der Waals surface area contributed by atoms with Crippen molar-refractivity contribution in [2.45, 2.75) is 65.9 Å². The predicted molar refractivity (Wildman–Crippen MR) is 92.9 cm³/mol. The van der Waals surface area contributed by atoms with Gasteiger partial charge in [-0.15, -0.1) is 0 Å². The molecule has 0 radical (unpaired) electrons. The van der Waals surface area contributed by atoms with Gasteiger partial charge in [0, 0.05) is 12.7 Å². The normalized spacial score (nSPS) is 13.4. The van der Waals surface area contributed by atoms with E-state index in [-0.39, 0.29) is 5.91 Å². The van der Waals surface area contributed by atoms with Crippen molar-refractivity contribution in [3.8, 4) is 5.88 Å². The maximum absolute atomic E-state index is 12.6. The molecule has 0 saturated carbocycles. The first-order chi connectivity index (χ1) is 11.0. The number of hydrogen-bond donors (Lipinski definition) is 1. The number of hydrogen-bond acceptors (Lipinski definition) is 4. The maximum atomic E-state index is 12.6. The molecule has 1 N–H and O–H groups in total. The highest BCUT2D eigenvalue weighted by Crippen LogP contribution is 2.23. The lowest BCUT2D eigenvalue weighted by Crippen LogP contribution is -2.43. The van der Waals surface area contributed by atoms with E-state index in [1.54, 1.807) is 6.07 Å². The second-order valence-corrected chi connectivity index (χ2v) is 5.91. The number of ether oxygens (including phenoxy) is 2. The maximum Gasteiger partial charge on any atom is 0.256 e. The zero-order chi connectivity index (χ0) is 17.3. The van der Waals surface area contributed by atoms with Crippen LogP contribution < -0.4 is 10.1 Å². The molecule has 0 fully saturated rings. The van der Waals surface area contributed by atoms with Crippen molar-refractivity contribution >= 4 is 11.6 Å². The fourth-order valence-corrected chi connectivity index (χ4v) is 2.27. The number of amides is 1. The summed E-state index contributed by atoms with van der Waals surface area (Å²) in [4.78, 5) is 17.0. The Morgan fingerprint density at radius 3 is 2.43 bits per heavy atom. The zero-order valence-corrected chi connectivity index (χ0v) is 15.1. The van der Waals surface area contributed by atoms with E-state index in [4.69, 9.17) is 9.47 Å². The van der Waals surface area contributed by atoms with Crippen molar-refractivity contribution in [2.75, 3.05) is 18.5 Å². The summed E-state index contributed by atoms with van der Waals surface area (Å²) in [5.41, 5.74) is 0.622. The Hall–Kier alpha value is -1.62. The van der Waals surface area contributed by atoms with Gasteiger partial charge in [0.2, 0.25) is 5.88 Å². The highest BCUT2D eigenvalue weighted by molar-refractivity contribution is 5.97. The first-order valence-corrected chi connectivity index (χ1v) is 8.52. The lowest BCUT2D eigenvalue weighted by Gasteiger charge is -2.28. The van der Waals surface area contributed by atoms with Gasteiger partial charge in [-0.25, -0.2) is 4.98 Å². The monoisotopic (exact) mass is 322 g/mol. The highest BCUT2D eigenvalue weighted by atomic mass is 16.5. The summed E-state index contributed by atoms with van der Waals surface area (Å²) in [7, 11) is 0. The van der Waals surface area contributed by atoms with Gasteiger partial charge in [0.25, 0.3) is 5.91 Å². The molecule has 0 aliphatic heterocycles. The summed E-state index contributed by atoms with van der Waals surface area (Å²) in [6.07, 6.45) is 3.39. The average Bonchev–Trinajstić information content (AvgIpc) is 2.53. The molecule has 5 nitrogen and oxygen atoms in total. The Bertz CT molecular complexity index is 505. The molecular weight excluding hydrogens is 292 g/mol. The highest BCUT2D eigenvalue weighted by Gasteiger charge is 2.33. The topological polar surface area (TPSA) is 60.5 Å². The Morgan fingerprint density at radius 2 is 1.87 bits per heavy atom.